The fourth-order valence-electron chi connectivity index (χ4n) is 2.39. The molecule has 2 atom stereocenters. The molecule has 0 bridgehead atoms. The number of allylic oxidation sites excluding steroid dienone is 1. The molecule has 0 saturated heterocycles. The van der Waals surface area contributed by atoms with Crippen LogP contribution in [0.15, 0.2) is 11.6 Å². The third-order valence-electron chi connectivity index (χ3n) is 3.59. The number of rotatable bonds is 10. The molecule has 6 heteroatoms. The van der Waals surface area contributed by atoms with Crippen LogP contribution in [0.1, 0.15) is 58.3 Å². The summed E-state index contributed by atoms with van der Waals surface area (Å²) in [7, 11) is -1.98. The van der Waals surface area contributed by atoms with Crippen molar-refractivity contribution in [1.82, 2.24) is 5.32 Å². The van der Waals surface area contributed by atoms with E-state index in [9.17, 15) is 9.36 Å². The summed E-state index contributed by atoms with van der Waals surface area (Å²) in [5.74, 6) is 0. The summed E-state index contributed by atoms with van der Waals surface area (Å²) < 4.78 is 15.6. The zero-order valence-electron chi connectivity index (χ0n) is 12.8. The lowest BCUT2D eigenvalue weighted by atomic mass is 10.1. The molecule has 2 N–H and O–H groups in total. The molecule has 0 saturated carbocycles. The zero-order valence-corrected chi connectivity index (χ0v) is 13.7. The highest BCUT2D eigenvalue weighted by Gasteiger charge is 2.18. The second kappa shape index (κ2) is 10.7. The quantitative estimate of drug-likeness (QED) is 0.364. The summed E-state index contributed by atoms with van der Waals surface area (Å²) in [4.78, 5) is 20.2. The van der Waals surface area contributed by atoms with Crippen LogP contribution < -0.4 is 5.32 Å². The topological polar surface area (TPSA) is 75.6 Å². The second-order valence-electron chi connectivity index (χ2n) is 5.49. The molecule has 1 aliphatic rings. The van der Waals surface area contributed by atoms with Gasteiger partial charge in [-0.05, 0) is 49.5 Å². The van der Waals surface area contributed by atoms with E-state index in [0.717, 1.165) is 51.4 Å². The SMILES string of the molecule is CCCCOC(=O)NC1C=C(CCCCC[P+](=O)O)CC1. The maximum atomic E-state index is 11.5. The summed E-state index contributed by atoms with van der Waals surface area (Å²) in [6.45, 7) is 2.55. The van der Waals surface area contributed by atoms with Crippen molar-refractivity contribution in [2.24, 2.45) is 0 Å². The van der Waals surface area contributed by atoms with Gasteiger partial charge in [-0.25, -0.2) is 4.79 Å². The van der Waals surface area contributed by atoms with E-state index in [0.29, 0.717) is 12.8 Å². The van der Waals surface area contributed by atoms with Gasteiger partial charge in [0.05, 0.1) is 12.6 Å². The molecule has 120 valence electrons. The summed E-state index contributed by atoms with van der Waals surface area (Å²) >= 11 is 0. The number of unbranched alkanes of at least 4 members (excludes halogenated alkanes) is 3. The molecule has 1 amide bonds. The number of hydrogen-bond acceptors (Lipinski definition) is 3. The van der Waals surface area contributed by atoms with Gasteiger partial charge in [-0.3, -0.25) is 0 Å². The Hall–Kier alpha value is -0.930. The number of amides is 1. The molecule has 21 heavy (non-hydrogen) atoms. The fourth-order valence-corrected chi connectivity index (χ4v) is 2.89. The Morgan fingerprint density at radius 2 is 2.24 bits per heavy atom. The van der Waals surface area contributed by atoms with Crippen molar-refractivity contribution in [2.45, 2.75) is 64.3 Å². The molecule has 0 radical (unpaired) electrons. The number of hydrogen-bond donors (Lipinski definition) is 2. The van der Waals surface area contributed by atoms with Crippen molar-refractivity contribution in [1.29, 1.82) is 0 Å². The van der Waals surface area contributed by atoms with Crippen molar-refractivity contribution in [3.8, 4) is 0 Å². The van der Waals surface area contributed by atoms with Crippen LogP contribution in [0.2, 0.25) is 0 Å². The standard InChI is InChI=1S/C15H26NO4P/c1-2-3-10-20-15(17)16-14-9-8-13(12-14)7-5-4-6-11-21(18)19/h12,14H,2-11H2,1H3,(H-,16,17,18,19)/p+1. The van der Waals surface area contributed by atoms with E-state index in [1.54, 1.807) is 0 Å². The fraction of sp³-hybridized carbons (Fsp3) is 0.800. The van der Waals surface area contributed by atoms with Gasteiger partial charge in [-0.15, -0.1) is 0 Å². The van der Waals surface area contributed by atoms with Gasteiger partial charge in [0, 0.05) is 0 Å². The van der Waals surface area contributed by atoms with E-state index in [4.69, 9.17) is 9.63 Å². The van der Waals surface area contributed by atoms with Crippen LogP contribution in [0.3, 0.4) is 0 Å². The first-order valence-corrected chi connectivity index (χ1v) is 9.28. The number of carbonyl (C=O) groups is 1. The number of carbonyl (C=O) groups excluding carboxylic acids is 1. The largest absolute Gasteiger partial charge is 0.505 e. The van der Waals surface area contributed by atoms with Gasteiger partial charge in [0.1, 0.15) is 0 Å². The summed E-state index contributed by atoms with van der Waals surface area (Å²) in [5.41, 5.74) is 1.38. The van der Waals surface area contributed by atoms with Crippen LogP contribution in [-0.4, -0.2) is 29.8 Å². The molecule has 1 rings (SSSR count). The van der Waals surface area contributed by atoms with E-state index in [-0.39, 0.29) is 12.1 Å². The van der Waals surface area contributed by atoms with E-state index < -0.39 is 8.03 Å². The average Bonchev–Trinajstić information content (AvgIpc) is 2.86. The van der Waals surface area contributed by atoms with E-state index in [2.05, 4.69) is 18.3 Å². The Bertz CT molecular complexity index is 371. The van der Waals surface area contributed by atoms with Crippen LogP contribution in [-0.2, 0) is 9.30 Å². The molecule has 0 aliphatic heterocycles. The average molecular weight is 316 g/mol. The third kappa shape index (κ3) is 8.84. The molecular formula is C15H27NO4P+. The Morgan fingerprint density at radius 3 is 2.95 bits per heavy atom. The van der Waals surface area contributed by atoms with Gasteiger partial charge in [-0.1, -0.05) is 25.0 Å². The van der Waals surface area contributed by atoms with Crippen molar-refractivity contribution in [3.63, 3.8) is 0 Å². The Labute approximate surface area is 128 Å². The van der Waals surface area contributed by atoms with Gasteiger partial charge in [0.15, 0.2) is 6.16 Å². The van der Waals surface area contributed by atoms with E-state index in [1.165, 1.54) is 5.57 Å². The van der Waals surface area contributed by atoms with Crippen LogP contribution in [0.5, 0.6) is 0 Å². The monoisotopic (exact) mass is 316 g/mol. The molecule has 0 aromatic heterocycles. The normalized spacial score (nSPS) is 18.3. The first kappa shape index (κ1) is 18.1. The van der Waals surface area contributed by atoms with Crippen molar-refractivity contribution in [3.05, 3.63) is 11.6 Å². The highest BCUT2D eigenvalue weighted by Crippen LogP contribution is 2.24. The molecule has 2 unspecified atom stereocenters. The highest BCUT2D eigenvalue weighted by atomic mass is 31.1. The van der Waals surface area contributed by atoms with Crippen LogP contribution >= 0.6 is 8.03 Å². The molecule has 0 fully saturated rings. The predicted octanol–water partition coefficient (Wildman–Crippen LogP) is 3.90. The number of nitrogens with one attached hydrogen (secondary N) is 1. The Kier molecular flexibility index (Phi) is 9.27. The third-order valence-corrected chi connectivity index (χ3v) is 4.29. The van der Waals surface area contributed by atoms with Crippen molar-refractivity contribution < 1.29 is 19.0 Å². The summed E-state index contributed by atoms with van der Waals surface area (Å²) in [5, 5.41) is 2.87. The first-order chi connectivity index (χ1) is 10.1. The number of alkyl carbamates (subject to hydrolysis) is 1. The molecule has 5 nitrogen and oxygen atoms in total. The van der Waals surface area contributed by atoms with E-state index >= 15 is 0 Å². The lowest BCUT2D eigenvalue weighted by molar-refractivity contribution is 0.142. The predicted molar refractivity (Wildman–Crippen MR) is 83.7 cm³/mol. The molecule has 0 heterocycles. The van der Waals surface area contributed by atoms with Crippen LogP contribution in [0.4, 0.5) is 4.79 Å². The smallest absolute Gasteiger partial charge is 0.450 e. The van der Waals surface area contributed by atoms with E-state index in [1.807, 2.05) is 0 Å². The summed E-state index contributed by atoms with van der Waals surface area (Å²) in [6.07, 6.45) is 9.96. The maximum absolute atomic E-state index is 11.5. The van der Waals surface area contributed by atoms with Gasteiger partial charge in [0.25, 0.3) is 0 Å². The first-order valence-electron chi connectivity index (χ1n) is 7.88. The summed E-state index contributed by atoms with van der Waals surface area (Å²) in [6, 6.07) is 0.0982. The molecule has 0 aromatic carbocycles. The van der Waals surface area contributed by atoms with Crippen molar-refractivity contribution in [2.75, 3.05) is 12.8 Å². The molecule has 0 spiro atoms. The van der Waals surface area contributed by atoms with Crippen LogP contribution in [0.25, 0.3) is 0 Å². The van der Waals surface area contributed by atoms with Gasteiger partial charge < -0.3 is 10.1 Å². The second-order valence-corrected chi connectivity index (χ2v) is 6.64. The zero-order chi connectivity index (χ0) is 15.5. The minimum absolute atomic E-state index is 0.0982. The van der Waals surface area contributed by atoms with Crippen LogP contribution in [0, 0.1) is 0 Å². The molecule has 1 aliphatic carbocycles. The molecular weight excluding hydrogens is 289 g/mol. The Morgan fingerprint density at radius 1 is 1.43 bits per heavy atom. The maximum Gasteiger partial charge on any atom is 0.505 e. The van der Waals surface area contributed by atoms with Crippen molar-refractivity contribution >= 4 is 14.1 Å². The van der Waals surface area contributed by atoms with Gasteiger partial charge in [-0.2, -0.15) is 4.89 Å². The minimum Gasteiger partial charge on any atom is -0.450 e. The highest BCUT2D eigenvalue weighted by molar-refractivity contribution is 7.37. The minimum atomic E-state index is -1.98. The van der Waals surface area contributed by atoms with Gasteiger partial charge >= 0.3 is 14.1 Å². The lowest BCUT2D eigenvalue weighted by Crippen LogP contribution is -2.32. The Balaban J connectivity index is 2.12. The molecule has 0 aromatic rings. The lowest BCUT2D eigenvalue weighted by Gasteiger charge is -2.10. The van der Waals surface area contributed by atoms with Gasteiger partial charge in [0.2, 0.25) is 0 Å². The number of ether oxygens (including phenoxy) is 1.